The number of aliphatic hydroxyl groups is 2. The molecular formula is C21H28O4. The van der Waals surface area contributed by atoms with Crippen LogP contribution in [-0.2, 0) is 9.59 Å². The van der Waals surface area contributed by atoms with Crippen molar-refractivity contribution in [1.82, 2.24) is 0 Å². The molecule has 0 spiro atoms. The summed E-state index contributed by atoms with van der Waals surface area (Å²) in [4.78, 5) is 24.1. The number of carbonyl (C=O) groups is 2. The highest BCUT2D eigenvalue weighted by atomic mass is 16.3. The van der Waals surface area contributed by atoms with Gasteiger partial charge >= 0.3 is 0 Å². The molecule has 0 bridgehead atoms. The fourth-order valence-electron chi connectivity index (χ4n) is 6.96. The summed E-state index contributed by atoms with van der Waals surface area (Å²) in [6.07, 6.45) is 9.25. The topological polar surface area (TPSA) is 74.6 Å². The smallest absolute Gasteiger partial charge is 0.178 e. The van der Waals surface area contributed by atoms with Gasteiger partial charge in [-0.1, -0.05) is 25.5 Å². The molecule has 0 heterocycles. The molecule has 0 aliphatic heterocycles. The summed E-state index contributed by atoms with van der Waals surface area (Å²) in [5.41, 5.74) is 0.688. The molecule has 3 saturated carbocycles. The minimum Gasteiger partial charge on any atom is -0.393 e. The van der Waals surface area contributed by atoms with Gasteiger partial charge in [-0.05, 0) is 61.5 Å². The van der Waals surface area contributed by atoms with Gasteiger partial charge in [0.2, 0.25) is 0 Å². The molecular weight excluding hydrogens is 316 g/mol. The zero-order valence-corrected chi connectivity index (χ0v) is 15.1. The summed E-state index contributed by atoms with van der Waals surface area (Å²) in [7, 11) is 0. The minimum atomic E-state index is -0.482. The van der Waals surface area contributed by atoms with Gasteiger partial charge in [-0.3, -0.25) is 9.59 Å². The molecule has 4 rings (SSSR count). The van der Waals surface area contributed by atoms with Crippen LogP contribution in [0.15, 0.2) is 23.8 Å². The monoisotopic (exact) mass is 344 g/mol. The van der Waals surface area contributed by atoms with E-state index in [1.165, 1.54) is 0 Å². The van der Waals surface area contributed by atoms with Crippen molar-refractivity contribution in [2.45, 2.75) is 52.1 Å². The van der Waals surface area contributed by atoms with Crippen LogP contribution in [0.3, 0.4) is 0 Å². The lowest BCUT2D eigenvalue weighted by molar-refractivity contribution is -0.141. The second-order valence-electron chi connectivity index (χ2n) is 9.05. The summed E-state index contributed by atoms with van der Waals surface area (Å²) in [5.74, 6) is 0.734. The zero-order valence-electron chi connectivity index (χ0n) is 15.1. The molecule has 0 radical (unpaired) electrons. The van der Waals surface area contributed by atoms with Crippen molar-refractivity contribution in [1.29, 1.82) is 0 Å². The highest BCUT2D eigenvalue weighted by Gasteiger charge is 2.62. The average Bonchev–Trinajstić information content (AvgIpc) is 2.91. The first-order valence-electron chi connectivity index (χ1n) is 9.57. The number of ketones is 2. The number of allylic oxidation sites excluding steroid dienone is 4. The Hall–Kier alpha value is -1.26. The van der Waals surface area contributed by atoms with Crippen LogP contribution in [0.5, 0.6) is 0 Å². The second-order valence-corrected chi connectivity index (χ2v) is 9.05. The molecule has 4 aliphatic carbocycles. The number of aliphatic hydroxyl groups excluding tert-OH is 2. The van der Waals surface area contributed by atoms with Crippen molar-refractivity contribution < 1.29 is 19.8 Å². The lowest BCUT2D eigenvalue weighted by Gasteiger charge is -2.58. The fraction of sp³-hybridized carbons (Fsp3) is 0.714. The van der Waals surface area contributed by atoms with E-state index in [9.17, 15) is 19.8 Å². The Morgan fingerprint density at radius 1 is 1.28 bits per heavy atom. The largest absolute Gasteiger partial charge is 0.393 e. The van der Waals surface area contributed by atoms with Crippen LogP contribution < -0.4 is 0 Å². The van der Waals surface area contributed by atoms with E-state index >= 15 is 0 Å². The van der Waals surface area contributed by atoms with E-state index < -0.39 is 12.7 Å². The average molecular weight is 344 g/mol. The van der Waals surface area contributed by atoms with E-state index in [0.29, 0.717) is 18.3 Å². The second kappa shape index (κ2) is 5.62. The molecule has 4 heteroatoms. The van der Waals surface area contributed by atoms with Gasteiger partial charge in [0.05, 0.1) is 6.10 Å². The lowest BCUT2D eigenvalue weighted by atomic mass is 9.46. The van der Waals surface area contributed by atoms with Crippen LogP contribution in [0.25, 0.3) is 0 Å². The molecule has 0 aromatic heterocycles. The summed E-state index contributed by atoms with van der Waals surface area (Å²) in [6.45, 7) is 3.92. The van der Waals surface area contributed by atoms with Gasteiger partial charge in [-0.25, -0.2) is 0 Å². The molecule has 25 heavy (non-hydrogen) atoms. The number of hydrogen-bond acceptors (Lipinski definition) is 4. The molecule has 136 valence electrons. The predicted octanol–water partition coefficient (Wildman–Crippen LogP) is 2.44. The molecule has 0 aromatic rings. The highest BCUT2D eigenvalue weighted by molar-refractivity contribution is 6.01. The molecule has 0 aromatic carbocycles. The highest BCUT2D eigenvalue weighted by Crippen LogP contribution is 2.65. The van der Waals surface area contributed by atoms with Gasteiger partial charge in [0, 0.05) is 17.3 Å². The quantitative estimate of drug-likeness (QED) is 0.807. The van der Waals surface area contributed by atoms with Crippen molar-refractivity contribution in [3.63, 3.8) is 0 Å². The number of Topliss-reactive ketones (excluding diaryl/α,β-unsaturated/α-hetero) is 1. The summed E-state index contributed by atoms with van der Waals surface area (Å²) in [5, 5.41) is 20.5. The Labute approximate surface area is 149 Å². The number of fused-ring (bicyclic) bond motifs is 5. The molecule has 0 amide bonds. The Morgan fingerprint density at radius 2 is 2.04 bits per heavy atom. The van der Waals surface area contributed by atoms with Crippen molar-refractivity contribution in [3.05, 3.63) is 23.8 Å². The first kappa shape index (κ1) is 17.2. The summed E-state index contributed by atoms with van der Waals surface area (Å²) < 4.78 is 0. The molecule has 3 fully saturated rings. The van der Waals surface area contributed by atoms with E-state index in [0.717, 1.165) is 31.3 Å². The van der Waals surface area contributed by atoms with Crippen LogP contribution >= 0.6 is 0 Å². The van der Waals surface area contributed by atoms with E-state index in [1.54, 1.807) is 12.2 Å². The number of carbonyl (C=O) groups excluding carboxylic acids is 2. The first-order chi connectivity index (χ1) is 11.8. The van der Waals surface area contributed by atoms with Gasteiger partial charge in [0.15, 0.2) is 11.6 Å². The van der Waals surface area contributed by atoms with Gasteiger partial charge in [0.1, 0.15) is 6.61 Å². The normalized spacial score (nSPS) is 48.4. The maximum absolute atomic E-state index is 12.3. The molecule has 7 atom stereocenters. The Bertz CT molecular complexity index is 677. The van der Waals surface area contributed by atoms with Crippen LogP contribution in [0.2, 0.25) is 0 Å². The third-order valence-corrected chi connectivity index (χ3v) is 8.04. The minimum absolute atomic E-state index is 0.0514. The Balaban J connectivity index is 1.71. The Kier molecular flexibility index (Phi) is 3.86. The third kappa shape index (κ3) is 2.26. The van der Waals surface area contributed by atoms with Crippen molar-refractivity contribution >= 4 is 11.6 Å². The van der Waals surface area contributed by atoms with E-state index in [2.05, 4.69) is 13.8 Å². The predicted molar refractivity (Wildman–Crippen MR) is 93.6 cm³/mol. The molecule has 4 nitrogen and oxygen atoms in total. The van der Waals surface area contributed by atoms with Gasteiger partial charge in [-0.2, -0.15) is 0 Å². The van der Waals surface area contributed by atoms with Crippen LogP contribution in [0.4, 0.5) is 0 Å². The first-order valence-corrected chi connectivity index (χ1v) is 9.57. The number of rotatable bonds is 2. The standard InChI is InChI=1S/C21H28O4/c1-20-8-7-13(23)9-12(20)3-4-14-15-5-6-16(18(25)11-22)21(15,2)10-17(24)19(14)20/h7-9,14-17,19,22,24H,3-6,10-11H2,1-2H3/t14-,15-,16+,17-,19+,20-,21+/m0/s1. The van der Waals surface area contributed by atoms with Crippen LogP contribution in [0.1, 0.15) is 46.0 Å². The van der Waals surface area contributed by atoms with Crippen molar-refractivity contribution in [2.24, 2.45) is 34.5 Å². The maximum atomic E-state index is 12.3. The van der Waals surface area contributed by atoms with Gasteiger partial charge < -0.3 is 10.2 Å². The third-order valence-electron chi connectivity index (χ3n) is 8.04. The molecule has 4 aliphatic rings. The van der Waals surface area contributed by atoms with Crippen molar-refractivity contribution in [2.75, 3.05) is 6.61 Å². The Morgan fingerprint density at radius 3 is 2.76 bits per heavy atom. The summed E-state index contributed by atoms with van der Waals surface area (Å²) in [6, 6.07) is 0. The van der Waals surface area contributed by atoms with Crippen molar-refractivity contribution in [3.8, 4) is 0 Å². The van der Waals surface area contributed by atoms with Gasteiger partial charge in [0.25, 0.3) is 0 Å². The molecule has 0 saturated heterocycles. The van der Waals surface area contributed by atoms with E-state index in [4.69, 9.17) is 0 Å². The van der Waals surface area contributed by atoms with Gasteiger partial charge in [-0.15, -0.1) is 0 Å². The SMILES string of the molecule is C[C@@]12C[C@H](O)[C@H]3[C@@H](CCC4=CC(=O)C=C[C@@]43C)[C@@H]1CC[C@@H]2C(=O)CO. The molecule has 0 unspecified atom stereocenters. The summed E-state index contributed by atoms with van der Waals surface area (Å²) >= 11 is 0. The fourth-order valence-corrected chi connectivity index (χ4v) is 6.96. The van der Waals surface area contributed by atoms with E-state index in [1.807, 2.05) is 6.08 Å². The zero-order chi connectivity index (χ0) is 18.0. The maximum Gasteiger partial charge on any atom is 0.178 e. The molecule has 2 N–H and O–H groups in total. The van der Waals surface area contributed by atoms with E-state index in [-0.39, 0.29) is 34.2 Å². The number of hydrogen-bond donors (Lipinski definition) is 2. The van der Waals surface area contributed by atoms with Crippen LogP contribution in [-0.4, -0.2) is 34.5 Å². The van der Waals surface area contributed by atoms with Crippen LogP contribution in [0, 0.1) is 34.5 Å². The lowest BCUT2D eigenvalue weighted by Crippen LogP contribution is -2.56.